The third-order valence-electron chi connectivity index (χ3n) is 7.76. The fraction of sp³-hybridized carbons (Fsp3) is 0.606. The molecular formula is C33H48O7. The van der Waals surface area contributed by atoms with Gasteiger partial charge >= 0.3 is 5.97 Å². The van der Waals surface area contributed by atoms with Gasteiger partial charge in [0, 0.05) is 36.1 Å². The molecule has 2 aromatic rings. The van der Waals surface area contributed by atoms with Crippen molar-refractivity contribution < 1.29 is 34.7 Å². The van der Waals surface area contributed by atoms with Gasteiger partial charge < -0.3 is 29.9 Å². The summed E-state index contributed by atoms with van der Waals surface area (Å²) in [6.07, 6.45) is 17.8. The number of benzene rings is 2. The average molecular weight is 557 g/mol. The molecule has 2 atom stereocenters. The molecule has 1 heterocycles. The largest absolute Gasteiger partial charge is 0.508 e. The van der Waals surface area contributed by atoms with Gasteiger partial charge in [0.2, 0.25) is 0 Å². The Bertz CT molecular complexity index is 1050. The van der Waals surface area contributed by atoms with Crippen molar-refractivity contribution in [2.45, 2.75) is 128 Å². The van der Waals surface area contributed by atoms with Crippen molar-refractivity contribution in [2.24, 2.45) is 0 Å². The van der Waals surface area contributed by atoms with E-state index in [1.54, 1.807) is 6.07 Å². The van der Waals surface area contributed by atoms with Crippen molar-refractivity contribution >= 4 is 5.97 Å². The molecule has 0 spiro atoms. The van der Waals surface area contributed by atoms with Crippen LogP contribution in [-0.2, 0) is 16.0 Å². The van der Waals surface area contributed by atoms with E-state index in [1.165, 1.54) is 101 Å². The summed E-state index contributed by atoms with van der Waals surface area (Å²) in [7, 11) is 0. The predicted molar refractivity (Wildman–Crippen MR) is 156 cm³/mol. The number of phenolic OH excluding ortho intramolecular Hbond substituents is 4. The Morgan fingerprint density at radius 1 is 0.750 bits per heavy atom. The fourth-order valence-corrected chi connectivity index (χ4v) is 5.42. The molecule has 40 heavy (non-hydrogen) atoms. The van der Waals surface area contributed by atoms with Crippen molar-refractivity contribution in [1.29, 1.82) is 0 Å². The molecule has 1 aliphatic rings. The minimum Gasteiger partial charge on any atom is -0.508 e. The van der Waals surface area contributed by atoms with Gasteiger partial charge in [-0.2, -0.15) is 0 Å². The van der Waals surface area contributed by atoms with Crippen LogP contribution in [0.4, 0.5) is 0 Å². The molecule has 0 unspecified atom stereocenters. The molecule has 0 fully saturated rings. The Hall–Kier alpha value is -3.09. The number of unbranched alkanes of at least 4 members (excludes halogenated alkanes) is 14. The molecule has 7 heteroatoms. The van der Waals surface area contributed by atoms with E-state index in [0.717, 1.165) is 19.3 Å². The van der Waals surface area contributed by atoms with Gasteiger partial charge in [-0.25, -0.2) is 0 Å². The number of fused-ring (bicyclic) bond motifs is 1. The maximum absolute atomic E-state index is 12.7. The monoisotopic (exact) mass is 556 g/mol. The van der Waals surface area contributed by atoms with Gasteiger partial charge in [0.05, 0.1) is 0 Å². The first kappa shape index (κ1) is 31.4. The maximum atomic E-state index is 12.7. The van der Waals surface area contributed by atoms with Crippen LogP contribution < -0.4 is 4.74 Å². The smallest absolute Gasteiger partial charge is 0.306 e. The van der Waals surface area contributed by atoms with Gasteiger partial charge in [-0.3, -0.25) is 4.79 Å². The molecular weight excluding hydrogens is 508 g/mol. The third kappa shape index (κ3) is 10.1. The van der Waals surface area contributed by atoms with E-state index >= 15 is 0 Å². The summed E-state index contributed by atoms with van der Waals surface area (Å²) in [6.45, 7) is 2.26. The van der Waals surface area contributed by atoms with Gasteiger partial charge in [0.25, 0.3) is 0 Å². The highest BCUT2D eigenvalue weighted by Gasteiger charge is 2.36. The van der Waals surface area contributed by atoms with E-state index in [-0.39, 0.29) is 41.1 Å². The van der Waals surface area contributed by atoms with Gasteiger partial charge in [-0.05, 0) is 18.6 Å². The number of esters is 1. The molecule has 1 aliphatic heterocycles. The first-order valence-corrected chi connectivity index (χ1v) is 15.3. The molecule has 222 valence electrons. The standard InChI is InChI=1S/C33H48O7/c1-2-3-4-5-6-7-8-9-10-11-12-13-14-15-16-17-32(38)39-31-23-26-28(36)21-25(34)22-30(26)40-33(31)24-18-19-27(35)29(37)20-24/h18-22,31,33-37H,2-17,23H2,1H3/t31-,33+/m0/s1. The number of hydrogen-bond donors (Lipinski definition) is 4. The van der Waals surface area contributed by atoms with E-state index in [2.05, 4.69) is 6.92 Å². The molecule has 0 aliphatic carbocycles. The van der Waals surface area contributed by atoms with E-state index in [4.69, 9.17) is 9.47 Å². The van der Waals surface area contributed by atoms with Crippen LogP contribution >= 0.6 is 0 Å². The SMILES string of the molecule is CCCCCCCCCCCCCCCCCC(=O)O[C@H]1Cc2c(O)cc(O)cc2O[C@@H]1c1ccc(O)c(O)c1. The van der Waals surface area contributed by atoms with Gasteiger partial charge in [-0.15, -0.1) is 0 Å². The summed E-state index contributed by atoms with van der Waals surface area (Å²) in [5, 5.41) is 39.9. The van der Waals surface area contributed by atoms with Crippen LogP contribution in [0.1, 0.15) is 127 Å². The molecule has 0 bridgehead atoms. The second kappa shape index (κ2) is 16.9. The van der Waals surface area contributed by atoms with E-state index in [0.29, 0.717) is 17.5 Å². The average Bonchev–Trinajstić information content (AvgIpc) is 2.92. The number of carbonyl (C=O) groups excluding carboxylic acids is 1. The van der Waals surface area contributed by atoms with Crippen molar-refractivity contribution in [3.63, 3.8) is 0 Å². The second-order valence-corrected chi connectivity index (χ2v) is 11.2. The molecule has 0 saturated heterocycles. The van der Waals surface area contributed by atoms with Crippen LogP contribution in [0.15, 0.2) is 30.3 Å². The normalized spacial score (nSPS) is 16.3. The number of rotatable bonds is 18. The number of ether oxygens (including phenoxy) is 2. The highest BCUT2D eigenvalue weighted by molar-refractivity contribution is 5.69. The lowest BCUT2D eigenvalue weighted by Crippen LogP contribution is -2.34. The lowest BCUT2D eigenvalue weighted by molar-refractivity contribution is -0.155. The van der Waals surface area contributed by atoms with Crippen LogP contribution in [0.5, 0.6) is 28.7 Å². The first-order chi connectivity index (χ1) is 19.4. The number of phenols is 4. The molecule has 0 amide bonds. The summed E-state index contributed by atoms with van der Waals surface area (Å²) in [4.78, 5) is 12.7. The lowest BCUT2D eigenvalue weighted by atomic mass is 9.93. The van der Waals surface area contributed by atoms with Crippen LogP contribution in [0.25, 0.3) is 0 Å². The summed E-state index contributed by atoms with van der Waals surface area (Å²) in [5.74, 6) is -0.911. The second-order valence-electron chi connectivity index (χ2n) is 11.2. The Morgan fingerprint density at radius 3 is 1.90 bits per heavy atom. The lowest BCUT2D eigenvalue weighted by Gasteiger charge is -2.34. The van der Waals surface area contributed by atoms with E-state index < -0.39 is 12.2 Å². The zero-order chi connectivity index (χ0) is 28.7. The van der Waals surface area contributed by atoms with Gasteiger partial charge in [0.1, 0.15) is 23.4 Å². The van der Waals surface area contributed by atoms with Crippen molar-refractivity contribution in [1.82, 2.24) is 0 Å². The fourth-order valence-electron chi connectivity index (χ4n) is 5.42. The van der Waals surface area contributed by atoms with Crippen LogP contribution in [0.2, 0.25) is 0 Å². The van der Waals surface area contributed by atoms with Crippen molar-refractivity contribution in [2.75, 3.05) is 0 Å². The maximum Gasteiger partial charge on any atom is 0.306 e. The van der Waals surface area contributed by atoms with Crippen LogP contribution in [0.3, 0.4) is 0 Å². The van der Waals surface area contributed by atoms with Crippen molar-refractivity contribution in [3.05, 3.63) is 41.5 Å². The van der Waals surface area contributed by atoms with Crippen molar-refractivity contribution in [3.8, 4) is 28.7 Å². The highest BCUT2D eigenvalue weighted by atomic mass is 16.6. The highest BCUT2D eigenvalue weighted by Crippen LogP contribution is 2.43. The predicted octanol–water partition coefficient (Wildman–Crippen LogP) is 8.36. The Morgan fingerprint density at radius 2 is 1.32 bits per heavy atom. The Balaban J connectivity index is 1.37. The molecule has 7 nitrogen and oxygen atoms in total. The summed E-state index contributed by atoms with van der Waals surface area (Å²) in [6, 6.07) is 6.92. The molecule has 0 aromatic heterocycles. The van der Waals surface area contributed by atoms with E-state index in [1.807, 2.05) is 0 Å². The van der Waals surface area contributed by atoms with Gasteiger partial charge in [-0.1, -0.05) is 103 Å². The third-order valence-corrected chi connectivity index (χ3v) is 7.76. The minimum atomic E-state index is -0.773. The van der Waals surface area contributed by atoms with Gasteiger partial charge in [0.15, 0.2) is 17.6 Å². The number of aromatic hydroxyl groups is 4. The first-order valence-electron chi connectivity index (χ1n) is 15.3. The van der Waals surface area contributed by atoms with Crippen LogP contribution in [-0.4, -0.2) is 32.5 Å². The Kier molecular flexibility index (Phi) is 13.3. The molecule has 4 N–H and O–H groups in total. The number of carbonyl (C=O) groups is 1. The number of hydrogen-bond acceptors (Lipinski definition) is 7. The summed E-state index contributed by atoms with van der Waals surface area (Å²) < 4.78 is 11.8. The molecule has 2 aromatic carbocycles. The Labute approximate surface area is 239 Å². The molecule has 0 radical (unpaired) electrons. The molecule has 3 rings (SSSR count). The molecule has 0 saturated carbocycles. The van der Waals surface area contributed by atoms with Crippen LogP contribution in [0, 0.1) is 0 Å². The summed E-state index contributed by atoms with van der Waals surface area (Å²) >= 11 is 0. The zero-order valence-electron chi connectivity index (χ0n) is 24.1. The topological polar surface area (TPSA) is 116 Å². The quantitative estimate of drug-likeness (QED) is 0.0828. The zero-order valence-corrected chi connectivity index (χ0v) is 24.1. The summed E-state index contributed by atoms with van der Waals surface area (Å²) in [5.41, 5.74) is 0.954. The van der Waals surface area contributed by atoms with E-state index in [9.17, 15) is 25.2 Å². The minimum absolute atomic E-state index is 0.134.